The Morgan fingerprint density at radius 1 is 1.40 bits per heavy atom. The summed E-state index contributed by atoms with van der Waals surface area (Å²) in [5.41, 5.74) is 0. The molecular weight excluding hydrogens is 280 g/mol. The molecule has 0 N–H and O–H groups in total. The van der Waals surface area contributed by atoms with E-state index in [1.54, 1.807) is 6.92 Å². The van der Waals surface area contributed by atoms with Crippen LogP contribution in [0.4, 0.5) is 0 Å². The highest BCUT2D eigenvalue weighted by atomic mass is 32.2. The average Bonchev–Trinajstić information content (AvgIpc) is 2.87. The van der Waals surface area contributed by atoms with Crippen LogP contribution in [0.5, 0.6) is 0 Å². The maximum atomic E-state index is 12.5. The number of aryl methyl sites for hydroxylation is 1. The van der Waals surface area contributed by atoms with Crippen LogP contribution in [0.1, 0.15) is 44.3 Å². The van der Waals surface area contributed by atoms with Crippen LogP contribution in [0.3, 0.4) is 0 Å². The molecule has 1 saturated heterocycles. The lowest BCUT2D eigenvalue weighted by atomic mass is 10.00. The maximum Gasteiger partial charge on any atom is 0.281 e. The van der Waals surface area contributed by atoms with E-state index >= 15 is 0 Å². The fraction of sp³-hybridized carbons (Fsp3) is 0.833. The Labute approximate surface area is 120 Å². The first-order chi connectivity index (χ1) is 9.48. The molecule has 1 aromatic rings. The summed E-state index contributed by atoms with van der Waals surface area (Å²) in [4.78, 5) is 4.22. The predicted octanol–water partition coefficient (Wildman–Crippen LogP) is 1.14. The van der Waals surface area contributed by atoms with Crippen molar-refractivity contribution in [2.24, 2.45) is 0 Å². The first kappa shape index (κ1) is 15.4. The van der Waals surface area contributed by atoms with Crippen LogP contribution in [0, 0.1) is 6.92 Å². The van der Waals surface area contributed by atoms with Crippen molar-refractivity contribution in [1.29, 1.82) is 0 Å². The van der Waals surface area contributed by atoms with Crippen molar-refractivity contribution in [3.05, 3.63) is 11.7 Å². The number of hydrogen-bond donors (Lipinski definition) is 0. The Hall–Kier alpha value is -0.990. The van der Waals surface area contributed by atoms with E-state index in [0.29, 0.717) is 37.9 Å². The van der Waals surface area contributed by atoms with E-state index in [4.69, 9.17) is 4.52 Å². The maximum absolute atomic E-state index is 12.5. The summed E-state index contributed by atoms with van der Waals surface area (Å²) >= 11 is 0. The lowest BCUT2D eigenvalue weighted by molar-refractivity contribution is 0.252. The van der Waals surface area contributed by atoms with Gasteiger partial charge in [0.05, 0.1) is 5.92 Å². The minimum atomic E-state index is -3.38. The van der Waals surface area contributed by atoms with Crippen molar-refractivity contribution in [2.75, 3.05) is 26.2 Å². The second-order valence-corrected chi connectivity index (χ2v) is 6.90. The molecule has 1 atom stereocenters. The molecule has 0 aromatic carbocycles. The van der Waals surface area contributed by atoms with Crippen molar-refractivity contribution in [1.82, 2.24) is 18.8 Å². The molecule has 114 valence electrons. The van der Waals surface area contributed by atoms with Crippen molar-refractivity contribution in [2.45, 2.75) is 39.5 Å². The van der Waals surface area contributed by atoms with E-state index in [9.17, 15) is 8.42 Å². The zero-order chi connectivity index (χ0) is 14.8. The molecule has 2 rings (SSSR count). The Morgan fingerprint density at radius 3 is 2.65 bits per heavy atom. The average molecular weight is 302 g/mol. The summed E-state index contributed by atoms with van der Waals surface area (Å²) in [7, 11) is -3.38. The quantitative estimate of drug-likeness (QED) is 0.815. The Morgan fingerprint density at radius 2 is 2.10 bits per heavy atom. The SMILES string of the molecule is CCN(CC)S(=O)(=O)N1CCCC(c2nc(C)no2)C1. The van der Waals surface area contributed by atoms with Gasteiger partial charge in [-0.1, -0.05) is 19.0 Å². The molecule has 1 aliphatic heterocycles. The van der Waals surface area contributed by atoms with Gasteiger partial charge in [0.2, 0.25) is 5.89 Å². The van der Waals surface area contributed by atoms with Gasteiger partial charge < -0.3 is 4.52 Å². The molecule has 1 aliphatic rings. The van der Waals surface area contributed by atoms with Crippen molar-refractivity contribution >= 4 is 10.2 Å². The van der Waals surface area contributed by atoms with Gasteiger partial charge in [0.25, 0.3) is 10.2 Å². The van der Waals surface area contributed by atoms with Crippen LogP contribution in [-0.4, -0.2) is 53.3 Å². The summed E-state index contributed by atoms with van der Waals surface area (Å²) in [5, 5.41) is 3.78. The molecule has 2 heterocycles. The molecule has 8 heteroatoms. The van der Waals surface area contributed by atoms with E-state index in [1.807, 2.05) is 13.8 Å². The first-order valence-electron chi connectivity index (χ1n) is 7.04. The molecule has 0 spiro atoms. The zero-order valence-electron chi connectivity index (χ0n) is 12.2. The molecule has 0 aliphatic carbocycles. The van der Waals surface area contributed by atoms with Gasteiger partial charge in [0.1, 0.15) is 0 Å². The molecule has 7 nitrogen and oxygen atoms in total. The van der Waals surface area contributed by atoms with Crippen LogP contribution < -0.4 is 0 Å². The third kappa shape index (κ3) is 3.02. The standard InChI is InChI=1S/C12H22N4O3S/c1-4-15(5-2)20(17,18)16-8-6-7-11(9-16)12-13-10(3)14-19-12/h11H,4-9H2,1-3H3. The predicted molar refractivity (Wildman–Crippen MR) is 74.4 cm³/mol. The topological polar surface area (TPSA) is 79.5 Å². The minimum absolute atomic E-state index is 0.00436. The molecule has 20 heavy (non-hydrogen) atoms. The summed E-state index contributed by atoms with van der Waals surface area (Å²) in [5.74, 6) is 1.13. The molecule has 0 bridgehead atoms. The van der Waals surface area contributed by atoms with Gasteiger partial charge in [0.15, 0.2) is 5.82 Å². The lowest BCUT2D eigenvalue weighted by Gasteiger charge is -2.33. The van der Waals surface area contributed by atoms with Gasteiger partial charge in [-0.15, -0.1) is 0 Å². The summed E-state index contributed by atoms with van der Waals surface area (Å²) in [6.45, 7) is 7.41. The lowest BCUT2D eigenvalue weighted by Crippen LogP contribution is -2.47. The Kier molecular flexibility index (Phi) is 4.77. The minimum Gasteiger partial charge on any atom is -0.339 e. The fourth-order valence-electron chi connectivity index (χ4n) is 2.55. The van der Waals surface area contributed by atoms with Crippen LogP contribution in [0.25, 0.3) is 0 Å². The molecule has 0 saturated carbocycles. The summed E-state index contributed by atoms with van der Waals surface area (Å²) in [6, 6.07) is 0. The van der Waals surface area contributed by atoms with E-state index in [2.05, 4.69) is 10.1 Å². The number of hydrogen-bond acceptors (Lipinski definition) is 5. The smallest absolute Gasteiger partial charge is 0.281 e. The third-order valence-corrected chi connectivity index (χ3v) is 5.79. The Bertz CT molecular complexity index is 539. The number of rotatable bonds is 5. The first-order valence-corrected chi connectivity index (χ1v) is 8.44. The second-order valence-electron chi connectivity index (χ2n) is 4.97. The molecule has 0 amide bonds. The van der Waals surface area contributed by atoms with Gasteiger partial charge in [-0.3, -0.25) is 0 Å². The van der Waals surface area contributed by atoms with E-state index < -0.39 is 10.2 Å². The Balaban J connectivity index is 2.14. The van der Waals surface area contributed by atoms with Crippen LogP contribution in [-0.2, 0) is 10.2 Å². The van der Waals surface area contributed by atoms with E-state index in [1.165, 1.54) is 8.61 Å². The second kappa shape index (κ2) is 6.19. The van der Waals surface area contributed by atoms with Crippen LogP contribution >= 0.6 is 0 Å². The van der Waals surface area contributed by atoms with Crippen molar-refractivity contribution < 1.29 is 12.9 Å². The monoisotopic (exact) mass is 302 g/mol. The normalized spacial score (nSPS) is 21.5. The van der Waals surface area contributed by atoms with Gasteiger partial charge in [0, 0.05) is 26.2 Å². The van der Waals surface area contributed by atoms with Crippen LogP contribution in [0.2, 0.25) is 0 Å². The fourth-order valence-corrected chi connectivity index (χ4v) is 4.25. The van der Waals surface area contributed by atoms with Gasteiger partial charge in [-0.2, -0.15) is 22.0 Å². The van der Waals surface area contributed by atoms with E-state index in [0.717, 1.165) is 12.8 Å². The van der Waals surface area contributed by atoms with Crippen molar-refractivity contribution in [3.63, 3.8) is 0 Å². The number of nitrogens with zero attached hydrogens (tertiary/aromatic N) is 4. The van der Waals surface area contributed by atoms with Crippen LogP contribution in [0.15, 0.2) is 4.52 Å². The van der Waals surface area contributed by atoms with Crippen molar-refractivity contribution in [3.8, 4) is 0 Å². The van der Waals surface area contributed by atoms with Gasteiger partial charge in [-0.05, 0) is 19.8 Å². The summed E-state index contributed by atoms with van der Waals surface area (Å²) < 4.78 is 33.2. The highest BCUT2D eigenvalue weighted by Gasteiger charge is 2.34. The third-order valence-electron chi connectivity index (χ3n) is 3.63. The molecule has 1 aromatic heterocycles. The molecule has 1 fully saturated rings. The largest absolute Gasteiger partial charge is 0.339 e. The number of piperidine rings is 1. The summed E-state index contributed by atoms with van der Waals surface area (Å²) in [6.07, 6.45) is 1.69. The van der Waals surface area contributed by atoms with Gasteiger partial charge in [-0.25, -0.2) is 0 Å². The van der Waals surface area contributed by atoms with E-state index in [-0.39, 0.29) is 5.92 Å². The van der Waals surface area contributed by atoms with Gasteiger partial charge >= 0.3 is 0 Å². The molecular formula is C12H22N4O3S. The molecule has 1 unspecified atom stereocenters. The zero-order valence-corrected chi connectivity index (χ0v) is 13.1. The number of aromatic nitrogens is 2. The molecule has 0 radical (unpaired) electrons. The highest BCUT2D eigenvalue weighted by Crippen LogP contribution is 2.28. The highest BCUT2D eigenvalue weighted by molar-refractivity contribution is 7.86.